The molecule has 0 amide bonds. The molecular weight excluding hydrogens is 262 g/mol. The summed E-state index contributed by atoms with van der Waals surface area (Å²) in [5.74, 6) is 0.896. The van der Waals surface area contributed by atoms with E-state index in [2.05, 4.69) is 29.6 Å². The minimum Gasteiger partial charge on any atom is -0.489 e. The molecular formula is C18H23NO2. The van der Waals surface area contributed by atoms with E-state index in [9.17, 15) is 0 Å². The number of ether oxygens (including phenoxy) is 2. The van der Waals surface area contributed by atoms with Crippen LogP contribution < -0.4 is 10.1 Å². The molecule has 112 valence electrons. The molecule has 0 radical (unpaired) electrons. The lowest BCUT2D eigenvalue weighted by atomic mass is 10.2. The van der Waals surface area contributed by atoms with Gasteiger partial charge in [0.2, 0.25) is 0 Å². The Morgan fingerprint density at radius 1 is 0.952 bits per heavy atom. The highest BCUT2D eigenvalue weighted by molar-refractivity contribution is 5.27. The van der Waals surface area contributed by atoms with Crippen molar-refractivity contribution in [2.45, 2.75) is 26.2 Å². The average molecular weight is 285 g/mol. The zero-order valence-electron chi connectivity index (χ0n) is 12.7. The molecule has 0 saturated heterocycles. The first-order valence-electron chi connectivity index (χ1n) is 7.27. The standard InChI is InChI=1S/C18H23NO2/c1-15(20-2)12-19-13-16-8-10-18(11-9-16)21-14-17-6-4-3-5-7-17/h3-11,15,19H,12-14H2,1-2H3. The maximum absolute atomic E-state index is 5.77. The molecule has 1 atom stereocenters. The molecule has 0 fully saturated rings. The Balaban J connectivity index is 1.76. The molecule has 0 aliphatic rings. The third-order valence-corrected chi connectivity index (χ3v) is 3.33. The minimum atomic E-state index is 0.235. The van der Waals surface area contributed by atoms with E-state index in [0.29, 0.717) is 6.61 Å². The van der Waals surface area contributed by atoms with Gasteiger partial charge in [-0.15, -0.1) is 0 Å². The van der Waals surface area contributed by atoms with Crippen molar-refractivity contribution in [3.8, 4) is 5.75 Å². The van der Waals surface area contributed by atoms with Crippen LogP contribution in [-0.4, -0.2) is 19.8 Å². The fraction of sp³-hybridized carbons (Fsp3) is 0.333. The van der Waals surface area contributed by atoms with E-state index < -0.39 is 0 Å². The van der Waals surface area contributed by atoms with E-state index in [1.54, 1.807) is 7.11 Å². The van der Waals surface area contributed by atoms with Crippen molar-refractivity contribution in [3.05, 3.63) is 65.7 Å². The molecule has 2 rings (SSSR count). The summed E-state index contributed by atoms with van der Waals surface area (Å²) in [6.45, 7) is 4.34. The zero-order valence-corrected chi connectivity index (χ0v) is 12.7. The molecule has 1 N–H and O–H groups in total. The number of hydrogen-bond donors (Lipinski definition) is 1. The van der Waals surface area contributed by atoms with Gasteiger partial charge in [-0.1, -0.05) is 42.5 Å². The highest BCUT2D eigenvalue weighted by Gasteiger charge is 2.00. The van der Waals surface area contributed by atoms with E-state index in [4.69, 9.17) is 9.47 Å². The Labute approximate surface area is 126 Å². The number of benzene rings is 2. The molecule has 21 heavy (non-hydrogen) atoms. The fourth-order valence-electron chi connectivity index (χ4n) is 1.95. The van der Waals surface area contributed by atoms with Gasteiger partial charge in [0.1, 0.15) is 12.4 Å². The van der Waals surface area contributed by atoms with Crippen LogP contribution in [0.4, 0.5) is 0 Å². The van der Waals surface area contributed by atoms with E-state index >= 15 is 0 Å². The van der Waals surface area contributed by atoms with E-state index in [-0.39, 0.29) is 6.10 Å². The molecule has 2 aromatic carbocycles. The van der Waals surface area contributed by atoms with Crippen molar-refractivity contribution < 1.29 is 9.47 Å². The van der Waals surface area contributed by atoms with Gasteiger partial charge in [0.15, 0.2) is 0 Å². The van der Waals surface area contributed by atoms with Crippen molar-refractivity contribution in [3.63, 3.8) is 0 Å². The molecule has 0 heterocycles. The van der Waals surface area contributed by atoms with Crippen molar-refractivity contribution >= 4 is 0 Å². The summed E-state index contributed by atoms with van der Waals surface area (Å²) in [7, 11) is 1.73. The van der Waals surface area contributed by atoms with Crippen LogP contribution in [0.1, 0.15) is 18.1 Å². The number of methoxy groups -OCH3 is 1. The first kappa shape index (κ1) is 15.5. The molecule has 0 aliphatic carbocycles. The van der Waals surface area contributed by atoms with Crippen molar-refractivity contribution in [2.24, 2.45) is 0 Å². The van der Waals surface area contributed by atoms with Gasteiger partial charge in [0, 0.05) is 20.2 Å². The van der Waals surface area contributed by atoms with Gasteiger partial charge in [-0.05, 0) is 30.2 Å². The molecule has 0 aliphatic heterocycles. The summed E-state index contributed by atoms with van der Waals surface area (Å²) >= 11 is 0. The Bertz CT molecular complexity index is 511. The second-order valence-corrected chi connectivity index (χ2v) is 5.10. The van der Waals surface area contributed by atoms with Crippen LogP contribution in [0.2, 0.25) is 0 Å². The Hall–Kier alpha value is -1.84. The van der Waals surface area contributed by atoms with Crippen LogP contribution in [0, 0.1) is 0 Å². The van der Waals surface area contributed by atoms with Crippen LogP contribution in [0.5, 0.6) is 5.75 Å². The van der Waals surface area contributed by atoms with E-state index in [1.807, 2.05) is 37.3 Å². The van der Waals surface area contributed by atoms with Gasteiger partial charge in [-0.25, -0.2) is 0 Å². The van der Waals surface area contributed by atoms with Crippen molar-refractivity contribution in [1.29, 1.82) is 0 Å². The highest BCUT2D eigenvalue weighted by Crippen LogP contribution is 2.14. The predicted octanol–water partition coefficient (Wildman–Crippen LogP) is 3.39. The maximum atomic E-state index is 5.77. The smallest absolute Gasteiger partial charge is 0.119 e. The van der Waals surface area contributed by atoms with Crippen LogP contribution in [0.25, 0.3) is 0 Å². The summed E-state index contributed by atoms with van der Waals surface area (Å²) in [5, 5.41) is 3.36. The second kappa shape index (κ2) is 8.45. The SMILES string of the molecule is COC(C)CNCc1ccc(OCc2ccccc2)cc1. The summed E-state index contributed by atoms with van der Waals surface area (Å²) < 4.78 is 11.0. The summed E-state index contributed by atoms with van der Waals surface area (Å²) in [6.07, 6.45) is 0.235. The molecule has 2 aromatic rings. The number of hydrogen-bond acceptors (Lipinski definition) is 3. The lowest BCUT2D eigenvalue weighted by Crippen LogP contribution is -2.25. The molecule has 1 unspecified atom stereocenters. The molecule has 0 aromatic heterocycles. The van der Waals surface area contributed by atoms with Crippen LogP contribution >= 0.6 is 0 Å². The average Bonchev–Trinajstić information content (AvgIpc) is 2.55. The van der Waals surface area contributed by atoms with Gasteiger partial charge in [0.05, 0.1) is 6.10 Å². The normalized spacial score (nSPS) is 12.1. The quantitative estimate of drug-likeness (QED) is 0.806. The van der Waals surface area contributed by atoms with Gasteiger partial charge in [-0.3, -0.25) is 0 Å². The third kappa shape index (κ3) is 5.58. The Morgan fingerprint density at radius 2 is 1.67 bits per heavy atom. The van der Waals surface area contributed by atoms with Crippen molar-refractivity contribution in [1.82, 2.24) is 5.32 Å². The summed E-state index contributed by atoms with van der Waals surface area (Å²) in [5.41, 5.74) is 2.42. The van der Waals surface area contributed by atoms with Gasteiger partial charge in [0.25, 0.3) is 0 Å². The molecule has 0 bridgehead atoms. The fourth-order valence-corrected chi connectivity index (χ4v) is 1.95. The minimum absolute atomic E-state index is 0.235. The van der Waals surface area contributed by atoms with Crippen LogP contribution in [0.15, 0.2) is 54.6 Å². The van der Waals surface area contributed by atoms with Gasteiger partial charge >= 0.3 is 0 Å². The molecule has 0 spiro atoms. The Kier molecular flexibility index (Phi) is 6.25. The largest absolute Gasteiger partial charge is 0.489 e. The zero-order chi connectivity index (χ0) is 14.9. The lowest BCUT2D eigenvalue weighted by molar-refractivity contribution is 0.117. The first-order valence-corrected chi connectivity index (χ1v) is 7.27. The van der Waals surface area contributed by atoms with E-state index in [0.717, 1.165) is 18.8 Å². The monoisotopic (exact) mass is 285 g/mol. The Morgan fingerprint density at radius 3 is 2.33 bits per heavy atom. The lowest BCUT2D eigenvalue weighted by Gasteiger charge is -2.11. The predicted molar refractivity (Wildman–Crippen MR) is 85.4 cm³/mol. The number of nitrogens with one attached hydrogen (secondary N) is 1. The third-order valence-electron chi connectivity index (χ3n) is 3.33. The van der Waals surface area contributed by atoms with E-state index in [1.165, 1.54) is 11.1 Å². The van der Waals surface area contributed by atoms with Gasteiger partial charge in [-0.2, -0.15) is 0 Å². The summed E-state index contributed by atoms with van der Waals surface area (Å²) in [4.78, 5) is 0. The van der Waals surface area contributed by atoms with Crippen LogP contribution in [0.3, 0.4) is 0 Å². The molecule has 3 heteroatoms. The highest BCUT2D eigenvalue weighted by atomic mass is 16.5. The number of rotatable bonds is 8. The second-order valence-electron chi connectivity index (χ2n) is 5.10. The van der Waals surface area contributed by atoms with Gasteiger partial charge < -0.3 is 14.8 Å². The molecule has 0 saturated carbocycles. The van der Waals surface area contributed by atoms with Crippen molar-refractivity contribution in [2.75, 3.05) is 13.7 Å². The molecule has 3 nitrogen and oxygen atoms in total. The topological polar surface area (TPSA) is 30.5 Å². The first-order chi connectivity index (χ1) is 10.3. The van der Waals surface area contributed by atoms with Crippen LogP contribution in [-0.2, 0) is 17.9 Å². The maximum Gasteiger partial charge on any atom is 0.119 e. The summed E-state index contributed by atoms with van der Waals surface area (Å²) in [6, 6.07) is 18.4.